The second-order valence-corrected chi connectivity index (χ2v) is 7.22. The molecule has 4 aromatic rings. The van der Waals surface area contributed by atoms with E-state index in [4.69, 9.17) is 0 Å². The maximum Gasteiger partial charge on any atom is 0.201 e. The Labute approximate surface area is 154 Å². The molecule has 0 amide bonds. The van der Waals surface area contributed by atoms with E-state index >= 15 is 0 Å². The Morgan fingerprint density at radius 1 is 1.08 bits per heavy atom. The third-order valence-corrected chi connectivity index (χ3v) is 5.13. The van der Waals surface area contributed by atoms with E-state index in [0.717, 1.165) is 37.6 Å². The van der Waals surface area contributed by atoms with Gasteiger partial charge < -0.3 is 5.32 Å². The van der Waals surface area contributed by atoms with Crippen molar-refractivity contribution in [3.8, 4) is 11.1 Å². The number of halogens is 1. The first-order valence-corrected chi connectivity index (χ1v) is 9.03. The van der Waals surface area contributed by atoms with Crippen molar-refractivity contribution in [3.05, 3.63) is 70.9 Å². The van der Waals surface area contributed by atoms with Crippen molar-refractivity contribution in [2.75, 3.05) is 5.32 Å². The fourth-order valence-electron chi connectivity index (χ4n) is 2.97. The van der Waals surface area contributed by atoms with Crippen molar-refractivity contribution in [2.24, 2.45) is 0 Å². The third-order valence-electron chi connectivity index (χ3n) is 4.13. The SMILES string of the molecule is Cc1cccc(CNc2n[c]nc3sc(C)c(-c4ccc(F)cc4)c23)n1. The first-order chi connectivity index (χ1) is 12.6. The minimum atomic E-state index is -0.251. The Bertz CT molecular complexity index is 1070. The molecule has 0 fully saturated rings. The highest BCUT2D eigenvalue weighted by atomic mass is 32.1. The Kier molecular flexibility index (Phi) is 4.34. The summed E-state index contributed by atoms with van der Waals surface area (Å²) < 4.78 is 13.3. The molecule has 1 aromatic carbocycles. The minimum absolute atomic E-state index is 0.251. The van der Waals surface area contributed by atoms with Crippen LogP contribution in [0.5, 0.6) is 0 Å². The molecule has 3 heterocycles. The van der Waals surface area contributed by atoms with Crippen LogP contribution in [-0.4, -0.2) is 15.0 Å². The number of aromatic nitrogens is 3. The summed E-state index contributed by atoms with van der Waals surface area (Å²) in [5.74, 6) is 0.460. The van der Waals surface area contributed by atoms with Crippen LogP contribution < -0.4 is 5.32 Å². The summed E-state index contributed by atoms with van der Waals surface area (Å²) in [6, 6.07) is 12.4. The highest BCUT2D eigenvalue weighted by Crippen LogP contribution is 2.40. The number of rotatable bonds is 4. The number of aryl methyl sites for hydroxylation is 2. The lowest BCUT2D eigenvalue weighted by Gasteiger charge is -2.09. The van der Waals surface area contributed by atoms with Gasteiger partial charge in [-0.2, -0.15) is 0 Å². The molecular weight excluding hydrogens is 347 g/mol. The lowest BCUT2D eigenvalue weighted by Crippen LogP contribution is -2.04. The van der Waals surface area contributed by atoms with Crippen molar-refractivity contribution >= 4 is 27.4 Å². The second kappa shape index (κ2) is 6.80. The summed E-state index contributed by atoms with van der Waals surface area (Å²) in [6.07, 6.45) is 2.72. The zero-order chi connectivity index (χ0) is 18.1. The molecule has 1 N–H and O–H groups in total. The zero-order valence-corrected chi connectivity index (χ0v) is 15.2. The van der Waals surface area contributed by atoms with Crippen LogP contribution in [0.1, 0.15) is 16.3 Å². The van der Waals surface area contributed by atoms with E-state index in [9.17, 15) is 4.39 Å². The summed E-state index contributed by atoms with van der Waals surface area (Å²) in [7, 11) is 0. The Morgan fingerprint density at radius 3 is 2.65 bits per heavy atom. The first-order valence-electron chi connectivity index (χ1n) is 8.21. The molecule has 3 aromatic heterocycles. The van der Waals surface area contributed by atoms with Gasteiger partial charge in [-0.1, -0.05) is 18.2 Å². The van der Waals surface area contributed by atoms with Gasteiger partial charge >= 0.3 is 0 Å². The summed E-state index contributed by atoms with van der Waals surface area (Å²) in [6.45, 7) is 4.56. The van der Waals surface area contributed by atoms with Gasteiger partial charge in [0.15, 0.2) is 0 Å². The lowest BCUT2D eigenvalue weighted by molar-refractivity contribution is 0.628. The van der Waals surface area contributed by atoms with Crippen LogP contribution in [0.2, 0.25) is 0 Å². The Balaban J connectivity index is 1.76. The molecule has 0 unspecified atom stereocenters. The van der Waals surface area contributed by atoms with Gasteiger partial charge in [-0.3, -0.25) is 4.98 Å². The molecule has 0 aliphatic rings. The van der Waals surface area contributed by atoms with Crippen LogP contribution in [0.25, 0.3) is 21.3 Å². The first kappa shape index (κ1) is 16.6. The van der Waals surface area contributed by atoms with Crippen LogP contribution in [-0.2, 0) is 6.54 Å². The molecule has 0 bridgehead atoms. The van der Waals surface area contributed by atoms with E-state index < -0.39 is 0 Å². The van der Waals surface area contributed by atoms with Gasteiger partial charge in [-0.05, 0) is 43.7 Å². The van der Waals surface area contributed by atoms with Gasteiger partial charge in [-0.15, -0.1) is 11.3 Å². The molecule has 6 heteroatoms. The van der Waals surface area contributed by atoms with Crippen molar-refractivity contribution in [3.63, 3.8) is 0 Å². The quantitative estimate of drug-likeness (QED) is 0.559. The predicted molar refractivity (Wildman–Crippen MR) is 103 cm³/mol. The maximum absolute atomic E-state index is 13.3. The van der Waals surface area contributed by atoms with E-state index in [-0.39, 0.29) is 5.82 Å². The molecule has 129 valence electrons. The summed E-state index contributed by atoms with van der Waals surface area (Å²) in [5.41, 5.74) is 3.88. The van der Waals surface area contributed by atoms with Crippen LogP contribution in [0, 0.1) is 26.0 Å². The van der Waals surface area contributed by atoms with Crippen molar-refractivity contribution < 1.29 is 4.39 Å². The van der Waals surface area contributed by atoms with Crippen molar-refractivity contribution in [2.45, 2.75) is 20.4 Å². The predicted octanol–water partition coefficient (Wildman–Crippen LogP) is 4.92. The molecule has 4 nitrogen and oxygen atoms in total. The van der Waals surface area contributed by atoms with Crippen molar-refractivity contribution in [1.29, 1.82) is 0 Å². The highest BCUT2D eigenvalue weighted by molar-refractivity contribution is 7.19. The summed E-state index contributed by atoms with van der Waals surface area (Å²) in [4.78, 5) is 15.1. The fraction of sp³-hybridized carbons (Fsp3) is 0.150. The molecule has 0 saturated heterocycles. The number of hydrogen-bond donors (Lipinski definition) is 1. The number of anilines is 1. The highest BCUT2D eigenvalue weighted by Gasteiger charge is 2.17. The molecule has 0 spiro atoms. The number of benzene rings is 1. The average Bonchev–Trinajstić information content (AvgIpc) is 2.97. The zero-order valence-electron chi connectivity index (χ0n) is 14.4. The summed E-state index contributed by atoms with van der Waals surface area (Å²) in [5, 5.41) is 4.29. The maximum atomic E-state index is 13.3. The van der Waals surface area contributed by atoms with Gasteiger partial charge in [0, 0.05) is 16.1 Å². The van der Waals surface area contributed by atoms with Gasteiger partial charge in [0.1, 0.15) is 16.5 Å². The number of nitrogens with one attached hydrogen (secondary N) is 1. The molecule has 0 aliphatic carbocycles. The van der Waals surface area contributed by atoms with Gasteiger partial charge in [0.05, 0.1) is 17.6 Å². The number of fused-ring (bicyclic) bond motifs is 1. The minimum Gasteiger partial charge on any atom is -0.364 e. The second-order valence-electron chi connectivity index (χ2n) is 6.02. The van der Waals surface area contributed by atoms with Crippen LogP contribution in [0.4, 0.5) is 10.2 Å². The van der Waals surface area contributed by atoms with E-state index in [1.165, 1.54) is 12.1 Å². The largest absolute Gasteiger partial charge is 0.364 e. The Hall–Kier alpha value is -2.86. The monoisotopic (exact) mass is 363 g/mol. The number of nitrogens with zero attached hydrogens (tertiary/aromatic N) is 3. The number of hydrogen-bond acceptors (Lipinski definition) is 5. The van der Waals surface area contributed by atoms with Crippen LogP contribution in [0.15, 0.2) is 42.5 Å². The molecule has 0 aliphatic heterocycles. The van der Waals surface area contributed by atoms with E-state index in [1.807, 2.05) is 32.0 Å². The van der Waals surface area contributed by atoms with Crippen LogP contribution >= 0.6 is 11.3 Å². The Morgan fingerprint density at radius 2 is 1.88 bits per heavy atom. The molecule has 0 saturated carbocycles. The standard InChI is InChI=1S/C20H16FN4S/c1-12-4-3-5-16(25-12)10-22-19-18-17(14-6-8-15(21)9-7-14)13(2)26-20(18)24-11-23-19/h3-9H,10H2,1-2H3,(H,22,23,24). The van der Waals surface area contributed by atoms with E-state index in [1.54, 1.807) is 23.5 Å². The van der Waals surface area contributed by atoms with E-state index in [2.05, 4.69) is 26.6 Å². The van der Waals surface area contributed by atoms with E-state index in [0.29, 0.717) is 12.4 Å². The van der Waals surface area contributed by atoms with Gasteiger partial charge in [-0.25, -0.2) is 14.4 Å². The normalized spacial score (nSPS) is 11.0. The summed E-state index contributed by atoms with van der Waals surface area (Å²) >= 11 is 1.58. The van der Waals surface area contributed by atoms with Crippen LogP contribution in [0.3, 0.4) is 0 Å². The van der Waals surface area contributed by atoms with Gasteiger partial charge in [0.2, 0.25) is 6.33 Å². The number of thiophene rings is 1. The molecule has 4 rings (SSSR count). The molecule has 0 atom stereocenters. The topological polar surface area (TPSA) is 50.7 Å². The lowest BCUT2D eigenvalue weighted by atomic mass is 10.0. The molecule has 1 radical (unpaired) electrons. The van der Waals surface area contributed by atoms with Crippen molar-refractivity contribution in [1.82, 2.24) is 15.0 Å². The number of pyridine rings is 1. The third kappa shape index (κ3) is 3.15. The molecule has 26 heavy (non-hydrogen) atoms. The molecular formula is C20H16FN4S. The smallest absolute Gasteiger partial charge is 0.201 e. The van der Waals surface area contributed by atoms with Gasteiger partial charge in [0.25, 0.3) is 0 Å². The fourth-order valence-corrected chi connectivity index (χ4v) is 3.97. The average molecular weight is 363 g/mol.